The van der Waals surface area contributed by atoms with E-state index in [4.69, 9.17) is 21.3 Å². The molecule has 35 heavy (non-hydrogen) atoms. The molecule has 0 aliphatic carbocycles. The van der Waals surface area contributed by atoms with E-state index < -0.39 is 25.1 Å². The molecule has 1 amide bonds. The van der Waals surface area contributed by atoms with E-state index in [0.717, 1.165) is 5.56 Å². The fourth-order valence-corrected chi connectivity index (χ4v) is 3.84. The summed E-state index contributed by atoms with van der Waals surface area (Å²) in [5.74, 6) is -1.64. The zero-order chi connectivity index (χ0) is 24.9. The van der Waals surface area contributed by atoms with E-state index in [9.17, 15) is 18.4 Å². The van der Waals surface area contributed by atoms with Crippen LogP contribution in [0.5, 0.6) is 5.75 Å². The summed E-state index contributed by atoms with van der Waals surface area (Å²) in [5, 5.41) is 3.51. The first-order valence-corrected chi connectivity index (χ1v) is 10.9. The van der Waals surface area contributed by atoms with Crippen LogP contribution in [0.25, 0.3) is 22.2 Å². The van der Waals surface area contributed by atoms with Crippen molar-refractivity contribution in [1.82, 2.24) is 4.98 Å². The summed E-state index contributed by atoms with van der Waals surface area (Å²) in [6, 6.07) is 19.9. The minimum atomic E-state index is -3.05. The molecule has 1 heterocycles. The Hall–Kier alpha value is -4.04. The number of pyridine rings is 1. The molecular weight excluding hydrogens is 478 g/mol. The van der Waals surface area contributed by atoms with Crippen LogP contribution >= 0.6 is 11.6 Å². The van der Waals surface area contributed by atoms with Crippen molar-refractivity contribution >= 4 is 40.1 Å². The molecule has 9 heteroatoms. The van der Waals surface area contributed by atoms with Gasteiger partial charge in [0.1, 0.15) is 5.75 Å². The Morgan fingerprint density at radius 1 is 1.03 bits per heavy atom. The van der Waals surface area contributed by atoms with Gasteiger partial charge in [-0.2, -0.15) is 8.78 Å². The lowest BCUT2D eigenvalue weighted by Gasteiger charge is -2.15. The molecule has 1 aromatic heterocycles. The molecular formula is C26H19ClF2N2O4. The van der Waals surface area contributed by atoms with E-state index in [0.29, 0.717) is 27.2 Å². The smallest absolute Gasteiger partial charge is 0.387 e. The maximum Gasteiger partial charge on any atom is 0.387 e. The Morgan fingerprint density at radius 3 is 2.54 bits per heavy atom. The summed E-state index contributed by atoms with van der Waals surface area (Å²) < 4.78 is 34.9. The number of fused-ring (bicyclic) bond motifs is 1. The Labute approximate surface area is 204 Å². The van der Waals surface area contributed by atoms with Gasteiger partial charge >= 0.3 is 12.6 Å². The molecule has 0 unspecified atom stereocenters. The first kappa shape index (κ1) is 24.1. The van der Waals surface area contributed by atoms with Gasteiger partial charge in [-0.1, -0.05) is 54.1 Å². The number of nitrogens with one attached hydrogen (secondary N) is 1. The maximum absolute atomic E-state index is 13.1. The van der Waals surface area contributed by atoms with Crippen molar-refractivity contribution in [1.29, 1.82) is 0 Å². The number of hydrogen-bond acceptors (Lipinski definition) is 5. The van der Waals surface area contributed by atoms with Crippen LogP contribution in [0.4, 0.5) is 14.5 Å². The van der Waals surface area contributed by atoms with Gasteiger partial charge in [-0.15, -0.1) is 0 Å². The summed E-state index contributed by atoms with van der Waals surface area (Å²) in [5.41, 5.74) is 2.71. The highest BCUT2D eigenvalue weighted by atomic mass is 35.5. The lowest BCUT2D eigenvalue weighted by molar-refractivity contribution is -0.119. The predicted molar refractivity (Wildman–Crippen MR) is 129 cm³/mol. The van der Waals surface area contributed by atoms with Gasteiger partial charge in [-0.3, -0.25) is 4.79 Å². The predicted octanol–water partition coefficient (Wildman–Crippen LogP) is 6.26. The second-order valence-electron chi connectivity index (χ2n) is 7.49. The van der Waals surface area contributed by atoms with Crippen LogP contribution in [0.2, 0.25) is 5.02 Å². The van der Waals surface area contributed by atoms with E-state index in [2.05, 4.69) is 10.1 Å². The number of para-hydroxylation sites is 3. The van der Waals surface area contributed by atoms with Gasteiger partial charge in [0.15, 0.2) is 6.61 Å². The number of rotatable bonds is 7. The molecule has 0 saturated heterocycles. The molecule has 0 radical (unpaired) electrons. The number of carbonyl (C=O) groups is 2. The van der Waals surface area contributed by atoms with Gasteiger partial charge in [-0.05, 0) is 42.8 Å². The highest BCUT2D eigenvalue weighted by molar-refractivity contribution is 6.30. The fourth-order valence-electron chi connectivity index (χ4n) is 3.65. The van der Waals surface area contributed by atoms with Crippen LogP contribution in [0, 0.1) is 6.92 Å². The van der Waals surface area contributed by atoms with E-state index in [-0.39, 0.29) is 17.0 Å². The first-order chi connectivity index (χ1) is 16.8. The minimum absolute atomic E-state index is 0.0302. The molecule has 1 N–H and O–H groups in total. The maximum atomic E-state index is 13.1. The number of alkyl halides is 2. The van der Waals surface area contributed by atoms with Crippen molar-refractivity contribution in [2.24, 2.45) is 0 Å². The first-order valence-electron chi connectivity index (χ1n) is 10.5. The number of halogens is 3. The molecule has 0 bridgehead atoms. The average Bonchev–Trinajstić information content (AvgIpc) is 2.83. The molecule has 6 nitrogen and oxygen atoms in total. The number of nitrogens with zero attached hydrogens (tertiary/aromatic N) is 1. The topological polar surface area (TPSA) is 77.5 Å². The molecule has 0 saturated carbocycles. The Kier molecular flexibility index (Phi) is 7.22. The van der Waals surface area contributed by atoms with E-state index in [1.54, 1.807) is 55.5 Å². The van der Waals surface area contributed by atoms with Gasteiger partial charge in [0, 0.05) is 16.0 Å². The summed E-state index contributed by atoms with van der Waals surface area (Å²) in [4.78, 5) is 30.2. The van der Waals surface area contributed by atoms with Gasteiger partial charge in [0.2, 0.25) is 0 Å². The largest absolute Gasteiger partial charge is 0.452 e. The van der Waals surface area contributed by atoms with Crippen LogP contribution in [0.3, 0.4) is 0 Å². The fraction of sp³-hybridized carbons (Fsp3) is 0.115. The zero-order valence-electron chi connectivity index (χ0n) is 18.4. The van der Waals surface area contributed by atoms with Crippen molar-refractivity contribution in [3.05, 3.63) is 88.9 Å². The number of anilines is 1. The van der Waals surface area contributed by atoms with Gasteiger partial charge in [0.25, 0.3) is 5.91 Å². The summed E-state index contributed by atoms with van der Waals surface area (Å²) in [7, 11) is 0. The summed E-state index contributed by atoms with van der Waals surface area (Å²) in [6.45, 7) is -1.95. The molecule has 0 fully saturated rings. The van der Waals surface area contributed by atoms with Crippen molar-refractivity contribution in [3.8, 4) is 17.0 Å². The number of benzene rings is 3. The minimum Gasteiger partial charge on any atom is -0.452 e. The molecule has 0 atom stereocenters. The average molecular weight is 497 g/mol. The number of esters is 1. The van der Waals surface area contributed by atoms with Crippen molar-refractivity contribution < 1.29 is 27.8 Å². The Morgan fingerprint density at radius 2 is 1.77 bits per heavy atom. The molecule has 0 spiro atoms. The third kappa shape index (κ3) is 5.55. The second-order valence-corrected chi connectivity index (χ2v) is 7.92. The van der Waals surface area contributed by atoms with Gasteiger partial charge in [0.05, 0.1) is 22.5 Å². The Bertz CT molecular complexity index is 1410. The lowest BCUT2D eigenvalue weighted by atomic mass is 9.98. The molecule has 3 aromatic carbocycles. The SMILES string of the molecule is Cc1c(-c2cccc(Cl)c2)nc2ccccc2c1C(=O)OCC(=O)Nc1ccccc1OC(F)F. The van der Waals surface area contributed by atoms with Crippen molar-refractivity contribution in [3.63, 3.8) is 0 Å². The van der Waals surface area contributed by atoms with Crippen LogP contribution in [0.15, 0.2) is 72.8 Å². The van der Waals surface area contributed by atoms with Crippen LogP contribution in [0.1, 0.15) is 15.9 Å². The molecule has 178 valence electrons. The van der Waals surface area contributed by atoms with Crippen LogP contribution in [-0.2, 0) is 9.53 Å². The normalized spacial score (nSPS) is 10.9. The number of amides is 1. The Balaban J connectivity index is 1.59. The number of carbonyl (C=O) groups excluding carboxylic acids is 2. The highest BCUT2D eigenvalue weighted by Crippen LogP contribution is 2.31. The quantitative estimate of drug-likeness (QED) is 0.305. The van der Waals surface area contributed by atoms with E-state index in [1.165, 1.54) is 18.2 Å². The third-order valence-electron chi connectivity index (χ3n) is 5.15. The highest BCUT2D eigenvalue weighted by Gasteiger charge is 2.21. The number of aromatic nitrogens is 1. The van der Waals surface area contributed by atoms with E-state index in [1.807, 2.05) is 6.07 Å². The number of hydrogen-bond donors (Lipinski definition) is 1. The monoisotopic (exact) mass is 496 g/mol. The third-order valence-corrected chi connectivity index (χ3v) is 5.38. The molecule has 4 aromatic rings. The van der Waals surface area contributed by atoms with Gasteiger partial charge < -0.3 is 14.8 Å². The number of ether oxygens (including phenoxy) is 2. The second kappa shape index (κ2) is 10.5. The zero-order valence-corrected chi connectivity index (χ0v) is 19.2. The van der Waals surface area contributed by atoms with E-state index >= 15 is 0 Å². The summed E-state index contributed by atoms with van der Waals surface area (Å²) in [6.07, 6.45) is 0. The molecule has 0 aliphatic heterocycles. The van der Waals surface area contributed by atoms with Crippen LogP contribution in [-0.4, -0.2) is 30.1 Å². The molecule has 0 aliphatic rings. The van der Waals surface area contributed by atoms with Crippen molar-refractivity contribution in [2.75, 3.05) is 11.9 Å². The van der Waals surface area contributed by atoms with Gasteiger partial charge in [-0.25, -0.2) is 9.78 Å². The lowest BCUT2D eigenvalue weighted by Crippen LogP contribution is -2.22. The molecule has 4 rings (SSSR count). The summed E-state index contributed by atoms with van der Waals surface area (Å²) >= 11 is 6.14. The standard InChI is InChI=1S/C26H19ClF2N2O4/c1-15-23(18-9-2-3-10-19(18)31-24(15)16-7-6-8-17(27)13-16)25(33)34-14-22(32)30-20-11-4-5-12-21(20)35-26(28)29/h2-13,26H,14H2,1H3,(H,30,32). The van der Waals surface area contributed by atoms with Crippen molar-refractivity contribution in [2.45, 2.75) is 13.5 Å². The van der Waals surface area contributed by atoms with Crippen LogP contribution < -0.4 is 10.1 Å².